The molecule has 20 rings (SSSR count). The normalized spacial score (nSPS) is 11.0. The van der Waals surface area contributed by atoms with Gasteiger partial charge in [-0.1, -0.05) is 297 Å². The second-order valence-corrected chi connectivity index (χ2v) is 28.1. The molecule has 0 atom stereocenters. The van der Waals surface area contributed by atoms with Crippen LogP contribution in [0.4, 0.5) is 0 Å². The third kappa shape index (κ3) is 16.5. The summed E-state index contributed by atoms with van der Waals surface area (Å²) in [5.74, 6) is 4.75. The van der Waals surface area contributed by atoms with Crippen molar-refractivity contribution in [1.82, 2.24) is 79.7 Å². The molecule has 0 saturated heterocycles. The molecule has 0 N–H and O–H groups in total. The van der Waals surface area contributed by atoms with Crippen LogP contribution >= 0.6 is 0 Å². The molecule has 10 heterocycles. The fraction of sp³-hybridized carbons (Fsp3) is 0. The highest BCUT2D eigenvalue weighted by Gasteiger charge is 2.22. The van der Waals surface area contributed by atoms with E-state index in [4.69, 9.17) is 69.8 Å². The van der Waals surface area contributed by atoms with Crippen molar-refractivity contribution in [2.24, 2.45) is 0 Å². The Labute approximate surface area is 692 Å². The number of aromatic nitrogens is 16. The largest absolute Gasteiger partial charge is 0.255 e. The zero-order valence-corrected chi connectivity index (χ0v) is 64.4. The van der Waals surface area contributed by atoms with Crippen LogP contribution < -0.4 is 0 Å². The predicted molar refractivity (Wildman–Crippen MR) is 475 cm³/mol. The quantitative estimate of drug-likeness (QED) is 0.0783. The van der Waals surface area contributed by atoms with Gasteiger partial charge < -0.3 is 0 Å². The highest BCUT2D eigenvalue weighted by molar-refractivity contribution is 5.88. The van der Waals surface area contributed by atoms with Crippen molar-refractivity contribution >= 4 is 0 Å². The molecule has 0 aliphatic carbocycles. The molecule has 0 aliphatic rings. The van der Waals surface area contributed by atoms with Crippen molar-refractivity contribution in [2.45, 2.75) is 0 Å². The maximum absolute atomic E-state index is 5.17. The van der Waals surface area contributed by atoms with Crippen LogP contribution in [-0.4, -0.2) is 79.7 Å². The Kier molecular flexibility index (Phi) is 20.9. The molecule has 10 aromatic carbocycles. The van der Waals surface area contributed by atoms with E-state index in [9.17, 15) is 0 Å². The molecule has 16 nitrogen and oxygen atoms in total. The van der Waals surface area contributed by atoms with Crippen molar-refractivity contribution in [3.8, 4) is 204 Å². The zero-order valence-electron chi connectivity index (χ0n) is 64.4. The van der Waals surface area contributed by atoms with Crippen molar-refractivity contribution in [3.05, 3.63) is 413 Å². The van der Waals surface area contributed by atoms with Crippen LogP contribution in [0.3, 0.4) is 0 Å². The van der Waals surface area contributed by atoms with Crippen molar-refractivity contribution in [2.75, 3.05) is 0 Å². The molecular formula is C104H68N16. The first kappa shape index (κ1) is 73.5. The number of hydrogen-bond acceptors (Lipinski definition) is 16. The topological polar surface area (TPSA) is 206 Å². The summed E-state index contributed by atoms with van der Waals surface area (Å²) < 4.78 is 0. The van der Waals surface area contributed by atoms with E-state index in [1.807, 2.05) is 291 Å². The summed E-state index contributed by atoms with van der Waals surface area (Å²) in [5, 5.41) is 0. The fourth-order valence-corrected chi connectivity index (χ4v) is 14.1. The Morgan fingerprint density at radius 3 is 0.742 bits per heavy atom. The SMILES string of the molecule is c1ccc(-c2cc(-c3cccc(-c4cc(-c5ccccn5)nc(-c5ccc(-c6nc(-c7ccccc7)nc(-c7ccccc7)n6)cn5)c4)c3)nc(-c3ccccc3)n2)cc1.c1ccc(-c2cc(-c3ccccc3-c3cc(-c4ccccn4)nc(-c4ccc(-c5nc(-c6ccccc6)nc(-c6ccccc6)n5)cn4)c3)nc(-c3ccccc3)n2)cc1. The summed E-state index contributed by atoms with van der Waals surface area (Å²) in [4.78, 5) is 79.0. The van der Waals surface area contributed by atoms with Gasteiger partial charge in [0.25, 0.3) is 0 Å². The molecule has 0 aliphatic heterocycles. The second-order valence-electron chi connectivity index (χ2n) is 28.1. The summed E-state index contributed by atoms with van der Waals surface area (Å²) in [7, 11) is 0. The Bertz CT molecular complexity index is 6730. The molecule has 564 valence electrons. The van der Waals surface area contributed by atoms with Gasteiger partial charge in [-0.15, -0.1) is 0 Å². The molecule has 16 heteroatoms. The summed E-state index contributed by atoms with van der Waals surface area (Å²) in [6, 6.07) is 129. The smallest absolute Gasteiger partial charge is 0.165 e. The zero-order chi connectivity index (χ0) is 80.2. The Balaban J connectivity index is 0.000000159. The van der Waals surface area contributed by atoms with Gasteiger partial charge in [-0.25, -0.2) is 59.8 Å². The lowest BCUT2D eigenvalue weighted by molar-refractivity contribution is 1.07. The van der Waals surface area contributed by atoms with Gasteiger partial charge in [0.2, 0.25) is 0 Å². The average molecular weight is 1540 g/mol. The molecule has 0 radical (unpaired) electrons. The van der Waals surface area contributed by atoms with Gasteiger partial charge in [0.15, 0.2) is 46.6 Å². The Hall–Kier alpha value is -16.7. The standard InChI is InChI=1S/2C52H34N8/c1-5-17-35(18-6-1)45-33-46(57-49(56-45)36-19-7-2-8-20-36)42-26-14-13-25-41(42)40-31-47(43-27-15-16-30-53-43)55-48(32-40)44-29-28-39(34-54-44)52-59-50(37-21-9-3-10-22-37)58-51(60-52)38-23-11-4-12-24-38;1-5-16-35(17-6-1)45-33-46(57-49(56-45)36-18-7-2-8-19-36)40-25-15-24-39(30-40)42-31-47(43-26-13-14-29-53-43)55-48(32-42)44-28-27-41(34-54-44)52-59-50(37-20-9-3-10-21-37)58-51(60-52)38-22-11-4-12-23-38/h2*1-34H. The van der Waals surface area contributed by atoms with E-state index < -0.39 is 0 Å². The predicted octanol–water partition coefficient (Wildman–Crippen LogP) is 23.7. The third-order valence-electron chi connectivity index (χ3n) is 20.1. The van der Waals surface area contributed by atoms with Crippen LogP contribution in [0.1, 0.15) is 0 Å². The van der Waals surface area contributed by atoms with Gasteiger partial charge in [0.1, 0.15) is 0 Å². The van der Waals surface area contributed by atoms with Gasteiger partial charge in [-0.3, -0.25) is 19.9 Å². The minimum absolute atomic E-state index is 0.529. The van der Waals surface area contributed by atoms with Crippen LogP contribution in [0.2, 0.25) is 0 Å². The molecule has 20 aromatic rings. The first-order valence-electron chi connectivity index (χ1n) is 39.2. The highest BCUT2D eigenvalue weighted by Crippen LogP contribution is 2.40. The summed E-state index contributed by atoms with van der Waals surface area (Å²) >= 11 is 0. The Morgan fingerprint density at radius 2 is 0.392 bits per heavy atom. The minimum atomic E-state index is 0.529. The van der Waals surface area contributed by atoms with Crippen LogP contribution in [-0.2, 0) is 0 Å². The van der Waals surface area contributed by atoms with E-state index >= 15 is 0 Å². The first-order chi connectivity index (χ1) is 59.4. The molecule has 120 heavy (non-hydrogen) atoms. The molecule has 0 unspecified atom stereocenters. The number of hydrogen-bond donors (Lipinski definition) is 0. The van der Waals surface area contributed by atoms with E-state index in [-0.39, 0.29) is 0 Å². The third-order valence-corrected chi connectivity index (χ3v) is 20.1. The van der Waals surface area contributed by atoms with Crippen LogP contribution in [0.15, 0.2) is 413 Å². The van der Waals surface area contributed by atoms with E-state index in [2.05, 4.69) is 107 Å². The average Bonchev–Trinajstić information content (AvgIpc) is 0.784. The molecule has 0 bridgehead atoms. The summed E-state index contributed by atoms with van der Waals surface area (Å²) in [5.41, 5.74) is 24.0. The molecular weight excluding hydrogens is 1470 g/mol. The molecule has 0 spiro atoms. The first-order valence-corrected chi connectivity index (χ1v) is 39.2. The lowest BCUT2D eigenvalue weighted by atomic mass is 9.95. The summed E-state index contributed by atoms with van der Waals surface area (Å²) in [6.07, 6.45) is 7.16. The maximum atomic E-state index is 5.17. The number of benzene rings is 10. The number of pyridine rings is 6. The van der Waals surface area contributed by atoms with Crippen molar-refractivity contribution in [1.29, 1.82) is 0 Å². The molecule has 0 saturated carbocycles. The van der Waals surface area contributed by atoms with Gasteiger partial charge >= 0.3 is 0 Å². The van der Waals surface area contributed by atoms with Gasteiger partial charge in [0, 0.05) is 91.5 Å². The second kappa shape index (κ2) is 34.1. The lowest BCUT2D eigenvalue weighted by Crippen LogP contribution is -2.00. The van der Waals surface area contributed by atoms with E-state index in [1.54, 1.807) is 24.8 Å². The minimum Gasteiger partial charge on any atom is -0.255 e. The van der Waals surface area contributed by atoms with Gasteiger partial charge in [-0.05, 0) is 113 Å². The van der Waals surface area contributed by atoms with Crippen molar-refractivity contribution in [3.63, 3.8) is 0 Å². The number of nitrogens with zero attached hydrogens (tertiary/aromatic N) is 16. The Morgan fingerprint density at radius 1 is 0.117 bits per heavy atom. The maximum Gasteiger partial charge on any atom is 0.165 e. The van der Waals surface area contributed by atoms with Crippen LogP contribution in [0.5, 0.6) is 0 Å². The van der Waals surface area contributed by atoms with E-state index in [0.29, 0.717) is 69.4 Å². The monoisotopic (exact) mass is 1540 g/mol. The number of rotatable bonds is 18. The van der Waals surface area contributed by atoms with E-state index in [0.717, 1.165) is 135 Å². The fourth-order valence-electron chi connectivity index (χ4n) is 14.1. The van der Waals surface area contributed by atoms with Gasteiger partial charge in [0.05, 0.1) is 68.3 Å². The molecule has 0 amide bonds. The molecule has 0 fully saturated rings. The van der Waals surface area contributed by atoms with Crippen molar-refractivity contribution < 1.29 is 0 Å². The van der Waals surface area contributed by atoms with Crippen LogP contribution in [0.25, 0.3) is 204 Å². The molecule has 10 aromatic heterocycles. The van der Waals surface area contributed by atoms with Crippen LogP contribution in [0, 0.1) is 0 Å². The van der Waals surface area contributed by atoms with E-state index in [1.165, 1.54) is 0 Å². The van der Waals surface area contributed by atoms with Gasteiger partial charge in [-0.2, -0.15) is 0 Å². The lowest BCUT2D eigenvalue weighted by Gasteiger charge is -2.15. The highest BCUT2D eigenvalue weighted by atomic mass is 15.0. The summed E-state index contributed by atoms with van der Waals surface area (Å²) in [6.45, 7) is 0.